The second-order valence-corrected chi connectivity index (χ2v) is 8.76. The van der Waals surface area contributed by atoms with Gasteiger partial charge in [0.25, 0.3) is 0 Å². The zero-order valence-corrected chi connectivity index (χ0v) is 18.3. The normalized spacial score (nSPS) is 26.4. The van der Waals surface area contributed by atoms with Crippen LogP contribution in [0.15, 0.2) is 72.8 Å². The van der Waals surface area contributed by atoms with Crippen molar-refractivity contribution in [2.24, 2.45) is 5.92 Å². The number of methoxy groups -OCH3 is 1. The predicted octanol–water partition coefficient (Wildman–Crippen LogP) is 4.59. The Morgan fingerprint density at radius 2 is 1.43 bits per heavy atom. The topological polar surface area (TPSA) is 46.1 Å². The van der Waals surface area contributed by atoms with Gasteiger partial charge in [0.2, 0.25) is 0 Å². The molecule has 3 N–H and O–H groups in total. The van der Waals surface area contributed by atoms with Crippen LogP contribution in [0.25, 0.3) is 0 Å². The molecule has 0 radical (unpaired) electrons. The van der Waals surface area contributed by atoms with Crippen molar-refractivity contribution in [1.29, 1.82) is 0 Å². The Hall–Kier alpha value is -2.62. The SMILES string of the molecule is COc1ccccc1[C@@]1(O)C[C@H](c2ccc(C)cc2)[NH2+][C@@H](c2ccc(C)cc2)[C@H]1C. The lowest BCUT2D eigenvalue weighted by atomic mass is 9.68. The fourth-order valence-electron chi connectivity index (χ4n) is 4.89. The van der Waals surface area contributed by atoms with Gasteiger partial charge in [-0.2, -0.15) is 0 Å². The van der Waals surface area contributed by atoms with Crippen LogP contribution in [0.3, 0.4) is 0 Å². The lowest BCUT2D eigenvalue weighted by molar-refractivity contribution is -0.757. The third kappa shape index (κ3) is 3.76. The first-order valence-electron chi connectivity index (χ1n) is 10.8. The Balaban J connectivity index is 1.81. The molecule has 0 saturated carbocycles. The second-order valence-electron chi connectivity index (χ2n) is 8.76. The highest BCUT2D eigenvalue weighted by Gasteiger charge is 2.51. The van der Waals surface area contributed by atoms with E-state index >= 15 is 0 Å². The van der Waals surface area contributed by atoms with Crippen molar-refractivity contribution in [2.45, 2.75) is 44.9 Å². The fourth-order valence-corrected chi connectivity index (χ4v) is 4.89. The summed E-state index contributed by atoms with van der Waals surface area (Å²) in [4.78, 5) is 0. The van der Waals surface area contributed by atoms with Crippen LogP contribution in [0, 0.1) is 19.8 Å². The average Bonchev–Trinajstić information content (AvgIpc) is 2.77. The highest BCUT2D eigenvalue weighted by atomic mass is 16.5. The molecule has 4 atom stereocenters. The molecule has 1 aliphatic rings. The van der Waals surface area contributed by atoms with Gasteiger partial charge < -0.3 is 15.2 Å². The van der Waals surface area contributed by atoms with E-state index < -0.39 is 5.60 Å². The van der Waals surface area contributed by atoms with Gasteiger partial charge in [0, 0.05) is 29.0 Å². The summed E-state index contributed by atoms with van der Waals surface area (Å²) in [5.74, 6) is 0.761. The first kappa shape index (κ1) is 20.6. The molecule has 3 aromatic rings. The van der Waals surface area contributed by atoms with Crippen LogP contribution in [0.4, 0.5) is 0 Å². The molecule has 1 heterocycles. The second kappa shape index (κ2) is 8.25. The maximum atomic E-state index is 12.2. The van der Waals surface area contributed by atoms with Gasteiger partial charge in [-0.25, -0.2) is 0 Å². The fraction of sp³-hybridized carbons (Fsp3) is 0.333. The molecule has 0 aromatic heterocycles. The van der Waals surface area contributed by atoms with Gasteiger partial charge in [-0.1, -0.05) is 84.8 Å². The number of para-hydroxylation sites is 1. The summed E-state index contributed by atoms with van der Waals surface area (Å²) in [6.45, 7) is 6.38. The standard InChI is InChI=1S/C27H31NO2/c1-18-9-13-21(14-10-18)24-17-27(29,23-7-5-6-8-25(23)30-4)20(3)26(28-24)22-15-11-19(2)12-16-22/h5-16,20,24,26,28-29H,17H2,1-4H3/p+1/t20-,24-,26-,27-/m1/s1. The zero-order valence-electron chi connectivity index (χ0n) is 18.3. The summed E-state index contributed by atoms with van der Waals surface area (Å²) >= 11 is 0. The molecular formula is C27H32NO2+. The van der Waals surface area contributed by atoms with E-state index in [1.807, 2.05) is 24.3 Å². The monoisotopic (exact) mass is 402 g/mol. The Bertz CT molecular complexity index is 996. The number of nitrogens with two attached hydrogens (primary N) is 1. The summed E-state index contributed by atoms with van der Waals surface area (Å²) in [6.07, 6.45) is 0.639. The number of benzene rings is 3. The van der Waals surface area contributed by atoms with Crippen molar-refractivity contribution in [1.82, 2.24) is 0 Å². The molecule has 0 aliphatic carbocycles. The number of aliphatic hydroxyl groups is 1. The first-order chi connectivity index (χ1) is 14.4. The van der Waals surface area contributed by atoms with E-state index in [0.717, 1.165) is 11.3 Å². The minimum atomic E-state index is -0.994. The smallest absolute Gasteiger partial charge is 0.124 e. The number of quaternary nitrogens is 1. The molecule has 156 valence electrons. The van der Waals surface area contributed by atoms with Crippen molar-refractivity contribution in [3.63, 3.8) is 0 Å². The molecule has 0 spiro atoms. The summed E-state index contributed by atoms with van der Waals surface area (Å²) in [6, 6.07) is 25.6. The van der Waals surface area contributed by atoms with Crippen LogP contribution in [0.1, 0.15) is 53.2 Å². The first-order valence-corrected chi connectivity index (χ1v) is 10.8. The molecule has 30 heavy (non-hydrogen) atoms. The van der Waals surface area contributed by atoms with Gasteiger partial charge in [-0.15, -0.1) is 0 Å². The van der Waals surface area contributed by atoms with Crippen LogP contribution < -0.4 is 10.1 Å². The van der Waals surface area contributed by atoms with Crippen molar-refractivity contribution < 1.29 is 15.2 Å². The highest BCUT2D eigenvalue weighted by Crippen LogP contribution is 2.47. The Kier molecular flexibility index (Phi) is 5.68. The number of rotatable bonds is 4. The Labute approximate surface area is 179 Å². The molecule has 1 fully saturated rings. The van der Waals surface area contributed by atoms with Gasteiger partial charge in [0.1, 0.15) is 23.4 Å². The third-order valence-corrected chi connectivity index (χ3v) is 6.80. The number of piperidine rings is 1. The Morgan fingerprint density at radius 3 is 2.03 bits per heavy atom. The quantitative estimate of drug-likeness (QED) is 0.671. The summed E-state index contributed by atoms with van der Waals surface area (Å²) in [5.41, 5.74) is 4.88. The van der Waals surface area contributed by atoms with E-state index in [1.54, 1.807) is 7.11 Å². The van der Waals surface area contributed by atoms with Gasteiger partial charge in [-0.3, -0.25) is 0 Å². The minimum absolute atomic E-state index is 0.0122. The van der Waals surface area contributed by atoms with E-state index in [2.05, 4.69) is 74.6 Å². The van der Waals surface area contributed by atoms with E-state index in [0.29, 0.717) is 6.42 Å². The molecule has 0 unspecified atom stereocenters. The van der Waals surface area contributed by atoms with Gasteiger partial charge in [0.15, 0.2) is 0 Å². The highest BCUT2D eigenvalue weighted by molar-refractivity contribution is 5.40. The van der Waals surface area contributed by atoms with Crippen LogP contribution in [0.2, 0.25) is 0 Å². The van der Waals surface area contributed by atoms with Crippen molar-refractivity contribution >= 4 is 0 Å². The van der Waals surface area contributed by atoms with Gasteiger partial charge in [0.05, 0.1) is 7.11 Å². The van der Waals surface area contributed by atoms with E-state index in [-0.39, 0.29) is 18.0 Å². The van der Waals surface area contributed by atoms with Gasteiger partial charge in [-0.05, 0) is 19.9 Å². The molecule has 3 heteroatoms. The maximum absolute atomic E-state index is 12.2. The number of ether oxygens (including phenoxy) is 1. The van der Waals surface area contributed by atoms with Gasteiger partial charge >= 0.3 is 0 Å². The van der Waals surface area contributed by atoms with Crippen LogP contribution in [0.5, 0.6) is 5.75 Å². The van der Waals surface area contributed by atoms with E-state index in [4.69, 9.17) is 4.74 Å². The largest absolute Gasteiger partial charge is 0.496 e. The molecule has 3 aromatic carbocycles. The van der Waals surface area contributed by atoms with E-state index in [9.17, 15) is 5.11 Å². The van der Waals surface area contributed by atoms with Crippen LogP contribution in [-0.4, -0.2) is 12.2 Å². The number of hydrogen-bond acceptors (Lipinski definition) is 2. The molecule has 0 bridgehead atoms. The minimum Gasteiger partial charge on any atom is -0.496 e. The van der Waals surface area contributed by atoms with Crippen molar-refractivity contribution in [2.75, 3.05) is 7.11 Å². The predicted molar refractivity (Wildman–Crippen MR) is 120 cm³/mol. The number of aryl methyl sites for hydroxylation is 2. The van der Waals surface area contributed by atoms with Crippen LogP contribution in [-0.2, 0) is 5.60 Å². The molecule has 4 rings (SSSR count). The Morgan fingerprint density at radius 1 is 0.867 bits per heavy atom. The summed E-state index contributed by atoms with van der Waals surface area (Å²) < 4.78 is 5.66. The third-order valence-electron chi connectivity index (χ3n) is 6.80. The lowest BCUT2D eigenvalue weighted by Crippen LogP contribution is -2.91. The number of hydrogen-bond donors (Lipinski definition) is 2. The van der Waals surface area contributed by atoms with Crippen LogP contribution >= 0.6 is 0 Å². The molecule has 1 saturated heterocycles. The average molecular weight is 403 g/mol. The summed E-state index contributed by atoms with van der Waals surface area (Å²) in [7, 11) is 1.68. The van der Waals surface area contributed by atoms with E-state index in [1.165, 1.54) is 22.3 Å². The molecule has 0 amide bonds. The van der Waals surface area contributed by atoms with Crippen molar-refractivity contribution in [3.05, 3.63) is 101 Å². The zero-order chi connectivity index (χ0) is 21.3. The molecule has 3 nitrogen and oxygen atoms in total. The lowest BCUT2D eigenvalue weighted by Gasteiger charge is -2.45. The van der Waals surface area contributed by atoms with Crippen molar-refractivity contribution in [3.8, 4) is 5.75 Å². The maximum Gasteiger partial charge on any atom is 0.124 e. The summed E-state index contributed by atoms with van der Waals surface area (Å²) in [5, 5.41) is 14.6. The molecular weight excluding hydrogens is 370 g/mol. The molecule has 1 aliphatic heterocycles.